The number of hydrogen-bond donors (Lipinski definition) is 0. The molecule has 2 aromatic heterocycles. The van der Waals surface area contributed by atoms with E-state index < -0.39 is 0 Å². The predicted octanol–water partition coefficient (Wildman–Crippen LogP) is 4.42. The van der Waals surface area contributed by atoms with E-state index in [4.69, 9.17) is 11.6 Å². The second-order valence-corrected chi connectivity index (χ2v) is 7.42. The van der Waals surface area contributed by atoms with E-state index in [1.54, 1.807) is 0 Å². The standard InChI is InChI=1S/C19H18ClN3/c20-16-7-5-15(6-8-16)19(9-10-19)18-22-21-17-14(12-13-3-4-13)2-1-11-23(17)18/h1-2,5-8,11,13H,3-4,9-10,12H2. The van der Waals surface area contributed by atoms with Gasteiger partial charge in [0.05, 0.1) is 5.41 Å². The number of nitrogens with zero attached hydrogens (tertiary/aromatic N) is 3. The molecule has 2 heterocycles. The van der Waals surface area contributed by atoms with Crippen LogP contribution in [-0.4, -0.2) is 14.6 Å². The van der Waals surface area contributed by atoms with E-state index in [1.807, 2.05) is 12.1 Å². The van der Waals surface area contributed by atoms with Gasteiger partial charge >= 0.3 is 0 Å². The molecule has 1 aromatic carbocycles. The van der Waals surface area contributed by atoms with Crippen molar-refractivity contribution in [3.63, 3.8) is 0 Å². The van der Waals surface area contributed by atoms with E-state index in [-0.39, 0.29) is 5.41 Å². The van der Waals surface area contributed by atoms with Crippen LogP contribution in [0.5, 0.6) is 0 Å². The summed E-state index contributed by atoms with van der Waals surface area (Å²) < 4.78 is 2.21. The van der Waals surface area contributed by atoms with Gasteiger partial charge in [-0.15, -0.1) is 10.2 Å². The van der Waals surface area contributed by atoms with Crippen LogP contribution in [0.15, 0.2) is 42.6 Å². The van der Waals surface area contributed by atoms with Crippen LogP contribution in [0, 0.1) is 5.92 Å². The number of benzene rings is 1. The second-order valence-electron chi connectivity index (χ2n) is 6.99. The molecule has 0 atom stereocenters. The zero-order chi connectivity index (χ0) is 15.4. The maximum atomic E-state index is 6.04. The van der Waals surface area contributed by atoms with Crippen molar-refractivity contribution in [3.05, 3.63) is 64.6 Å². The van der Waals surface area contributed by atoms with Gasteiger partial charge in [0.15, 0.2) is 5.65 Å². The lowest BCUT2D eigenvalue weighted by atomic mass is 9.95. The molecule has 0 spiro atoms. The van der Waals surface area contributed by atoms with Crippen LogP contribution >= 0.6 is 11.6 Å². The SMILES string of the molecule is Clc1ccc(C2(c3nnc4c(CC5CC5)cccn34)CC2)cc1. The summed E-state index contributed by atoms with van der Waals surface area (Å²) in [7, 11) is 0. The topological polar surface area (TPSA) is 30.2 Å². The zero-order valence-electron chi connectivity index (χ0n) is 12.9. The molecule has 2 aliphatic rings. The number of hydrogen-bond acceptors (Lipinski definition) is 2. The lowest BCUT2D eigenvalue weighted by Gasteiger charge is -2.14. The number of rotatable bonds is 4. The summed E-state index contributed by atoms with van der Waals surface area (Å²) in [6, 6.07) is 12.5. The van der Waals surface area contributed by atoms with E-state index in [0.717, 1.165) is 41.7 Å². The van der Waals surface area contributed by atoms with Gasteiger partial charge in [-0.05, 0) is 67.3 Å². The third-order valence-electron chi connectivity index (χ3n) is 5.30. The Bertz CT molecular complexity index is 873. The molecule has 23 heavy (non-hydrogen) atoms. The first kappa shape index (κ1) is 13.6. The van der Waals surface area contributed by atoms with E-state index in [0.29, 0.717) is 0 Å². The lowest BCUT2D eigenvalue weighted by Crippen LogP contribution is -2.13. The van der Waals surface area contributed by atoms with Crippen molar-refractivity contribution in [2.75, 3.05) is 0 Å². The monoisotopic (exact) mass is 323 g/mol. The van der Waals surface area contributed by atoms with Crippen molar-refractivity contribution < 1.29 is 0 Å². The summed E-state index contributed by atoms with van der Waals surface area (Å²) >= 11 is 6.04. The Hall–Kier alpha value is -1.87. The maximum absolute atomic E-state index is 6.04. The highest BCUT2D eigenvalue weighted by Gasteiger charge is 2.49. The molecule has 0 unspecified atom stereocenters. The summed E-state index contributed by atoms with van der Waals surface area (Å²) in [5.41, 5.74) is 3.68. The molecule has 2 fully saturated rings. The highest BCUT2D eigenvalue weighted by molar-refractivity contribution is 6.30. The summed E-state index contributed by atoms with van der Waals surface area (Å²) in [6.07, 6.45) is 8.21. The van der Waals surface area contributed by atoms with E-state index in [2.05, 4.69) is 45.1 Å². The molecule has 0 N–H and O–H groups in total. The molecule has 0 saturated heterocycles. The van der Waals surface area contributed by atoms with Gasteiger partial charge < -0.3 is 0 Å². The Morgan fingerprint density at radius 1 is 1.09 bits per heavy atom. The summed E-state index contributed by atoms with van der Waals surface area (Å²) in [6.45, 7) is 0. The fourth-order valence-electron chi connectivity index (χ4n) is 3.63. The Balaban J connectivity index is 1.61. The molecule has 3 nitrogen and oxygen atoms in total. The molecule has 0 radical (unpaired) electrons. The van der Waals surface area contributed by atoms with Crippen LogP contribution in [0.1, 0.15) is 42.6 Å². The van der Waals surface area contributed by atoms with Crippen molar-refractivity contribution in [2.45, 2.75) is 37.5 Å². The third-order valence-corrected chi connectivity index (χ3v) is 5.55. The van der Waals surface area contributed by atoms with Crippen LogP contribution in [0.4, 0.5) is 0 Å². The summed E-state index contributed by atoms with van der Waals surface area (Å²) in [5, 5.41) is 9.91. The van der Waals surface area contributed by atoms with Crippen molar-refractivity contribution in [2.24, 2.45) is 5.92 Å². The first-order valence-corrected chi connectivity index (χ1v) is 8.73. The molecule has 0 amide bonds. The second kappa shape index (κ2) is 4.81. The van der Waals surface area contributed by atoms with Gasteiger partial charge in [0.1, 0.15) is 5.82 Å². The minimum atomic E-state index is 0.0161. The first-order valence-electron chi connectivity index (χ1n) is 8.35. The summed E-state index contributed by atoms with van der Waals surface area (Å²) in [5.74, 6) is 1.93. The molecule has 4 heteroatoms. The Labute approximate surface area is 140 Å². The fraction of sp³-hybridized carbons (Fsp3) is 0.368. The van der Waals surface area contributed by atoms with Crippen LogP contribution in [0.2, 0.25) is 5.02 Å². The molecule has 116 valence electrons. The molecule has 2 saturated carbocycles. The Morgan fingerprint density at radius 3 is 2.57 bits per heavy atom. The van der Waals surface area contributed by atoms with Gasteiger partial charge in [-0.2, -0.15) is 0 Å². The first-order chi connectivity index (χ1) is 11.3. The van der Waals surface area contributed by atoms with Crippen LogP contribution in [0.25, 0.3) is 5.65 Å². The number of pyridine rings is 1. The summed E-state index contributed by atoms with van der Waals surface area (Å²) in [4.78, 5) is 0. The fourth-order valence-corrected chi connectivity index (χ4v) is 3.75. The normalized spacial score (nSPS) is 19.2. The molecule has 3 aromatic rings. The van der Waals surface area contributed by atoms with Gasteiger partial charge in [-0.25, -0.2) is 0 Å². The number of aromatic nitrogens is 3. The molecular formula is C19H18ClN3. The average Bonchev–Trinajstić information content (AvgIpc) is 3.48. The highest BCUT2D eigenvalue weighted by atomic mass is 35.5. The third kappa shape index (κ3) is 2.18. The molecule has 0 bridgehead atoms. The minimum absolute atomic E-state index is 0.0161. The maximum Gasteiger partial charge on any atom is 0.164 e. The van der Waals surface area contributed by atoms with Crippen LogP contribution in [0.3, 0.4) is 0 Å². The van der Waals surface area contributed by atoms with Gasteiger partial charge in [-0.1, -0.05) is 29.8 Å². The molecule has 2 aliphatic carbocycles. The smallest absolute Gasteiger partial charge is 0.164 e. The van der Waals surface area contributed by atoms with Crippen molar-refractivity contribution in [1.82, 2.24) is 14.6 Å². The van der Waals surface area contributed by atoms with Crippen molar-refractivity contribution >= 4 is 17.2 Å². The predicted molar refractivity (Wildman–Crippen MR) is 90.9 cm³/mol. The Kier molecular flexibility index (Phi) is 2.84. The van der Waals surface area contributed by atoms with Crippen molar-refractivity contribution in [3.8, 4) is 0 Å². The largest absolute Gasteiger partial charge is 0.285 e. The van der Waals surface area contributed by atoms with Gasteiger partial charge in [0.2, 0.25) is 0 Å². The van der Waals surface area contributed by atoms with E-state index >= 15 is 0 Å². The molecule has 5 rings (SSSR count). The Morgan fingerprint density at radius 2 is 1.87 bits per heavy atom. The van der Waals surface area contributed by atoms with Gasteiger partial charge in [0.25, 0.3) is 0 Å². The van der Waals surface area contributed by atoms with Gasteiger partial charge in [-0.3, -0.25) is 4.40 Å². The number of halogens is 1. The van der Waals surface area contributed by atoms with Crippen molar-refractivity contribution in [1.29, 1.82) is 0 Å². The lowest BCUT2D eigenvalue weighted by molar-refractivity contribution is 0.739. The minimum Gasteiger partial charge on any atom is -0.285 e. The van der Waals surface area contributed by atoms with Crippen LogP contribution < -0.4 is 0 Å². The molecular weight excluding hydrogens is 306 g/mol. The van der Waals surface area contributed by atoms with E-state index in [9.17, 15) is 0 Å². The average molecular weight is 324 g/mol. The van der Waals surface area contributed by atoms with E-state index in [1.165, 1.54) is 24.0 Å². The van der Waals surface area contributed by atoms with Crippen LogP contribution in [-0.2, 0) is 11.8 Å². The quantitative estimate of drug-likeness (QED) is 0.711. The van der Waals surface area contributed by atoms with Gasteiger partial charge in [0, 0.05) is 11.2 Å². The highest BCUT2D eigenvalue weighted by Crippen LogP contribution is 2.53. The molecule has 0 aliphatic heterocycles. The number of fused-ring (bicyclic) bond motifs is 1. The zero-order valence-corrected chi connectivity index (χ0v) is 13.6.